The standard InChI is InChI=1S/C13H13ClN6O/c1-2-7-5-8(3-4-10(7)14)21-12-9-6-16-20-11(9)17-13(18-12)19-15/h3-6H,2,15H2,1H3,(H2,16,17,18,19,20). The first kappa shape index (κ1) is 13.6. The first-order valence-electron chi connectivity index (χ1n) is 6.35. The van der Waals surface area contributed by atoms with Crippen LogP contribution in [0.15, 0.2) is 24.4 Å². The van der Waals surface area contributed by atoms with Gasteiger partial charge < -0.3 is 4.74 Å². The molecule has 7 nitrogen and oxygen atoms in total. The van der Waals surface area contributed by atoms with E-state index < -0.39 is 0 Å². The number of nitrogens with zero attached hydrogens (tertiary/aromatic N) is 3. The summed E-state index contributed by atoms with van der Waals surface area (Å²) in [5.41, 5.74) is 3.94. The van der Waals surface area contributed by atoms with Crippen LogP contribution in [0.3, 0.4) is 0 Å². The molecule has 0 saturated carbocycles. The van der Waals surface area contributed by atoms with Crippen LogP contribution in [0.1, 0.15) is 12.5 Å². The number of nitrogens with one attached hydrogen (secondary N) is 2. The van der Waals surface area contributed by atoms with E-state index in [1.807, 2.05) is 13.0 Å². The fraction of sp³-hybridized carbons (Fsp3) is 0.154. The van der Waals surface area contributed by atoms with Crippen molar-refractivity contribution in [3.05, 3.63) is 35.0 Å². The molecule has 8 heteroatoms. The minimum Gasteiger partial charge on any atom is -0.438 e. The molecule has 3 aromatic rings. The van der Waals surface area contributed by atoms with E-state index in [4.69, 9.17) is 22.2 Å². The predicted molar refractivity (Wildman–Crippen MR) is 80.4 cm³/mol. The van der Waals surface area contributed by atoms with Crippen LogP contribution in [0, 0.1) is 0 Å². The number of benzene rings is 1. The third kappa shape index (κ3) is 2.61. The molecule has 0 spiro atoms. The number of nitrogens with two attached hydrogens (primary N) is 1. The number of anilines is 1. The smallest absolute Gasteiger partial charge is 0.242 e. The lowest BCUT2D eigenvalue weighted by Crippen LogP contribution is -2.10. The van der Waals surface area contributed by atoms with Crippen LogP contribution < -0.4 is 16.0 Å². The van der Waals surface area contributed by atoms with E-state index in [1.54, 1.807) is 18.3 Å². The summed E-state index contributed by atoms with van der Waals surface area (Å²) in [7, 11) is 0. The number of ether oxygens (including phenoxy) is 1. The zero-order valence-corrected chi connectivity index (χ0v) is 12.0. The van der Waals surface area contributed by atoms with Crippen LogP contribution in [0.5, 0.6) is 11.6 Å². The lowest BCUT2D eigenvalue weighted by atomic mass is 10.1. The number of rotatable bonds is 4. The van der Waals surface area contributed by atoms with E-state index in [0.717, 1.165) is 12.0 Å². The van der Waals surface area contributed by atoms with Gasteiger partial charge in [-0.25, -0.2) is 5.84 Å². The third-order valence-electron chi connectivity index (χ3n) is 3.02. The summed E-state index contributed by atoms with van der Waals surface area (Å²) in [6, 6.07) is 5.46. The molecule has 0 aliphatic heterocycles. The van der Waals surface area contributed by atoms with Crippen molar-refractivity contribution in [3.63, 3.8) is 0 Å². The first-order valence-corrected chi connectivity index (χ1v) is 6.73. The normalized spacial score (nSPS) is 10.8. The maximum Gasteiger partial charge on any atom is 0.242 e. The lowest BCUT2D eigenvalue weighted by molar-refractivity contribution is 0.468. The number of hydrazine groups is 1. The topological polar surface area (TPSA) is 102 Å². The highest BCUT2D eigenvalue weighted by Crippen LogP contribution is 2.29. The summed E-state index contributed by atoms with van der Waals surface area (Å²) in [6.07, 6.45) is 2.41. The lowest BCUT2D eigenvalue weighted by Gasteiger charge is -2.09. The highest BCUT2D eigenvalue weighted by Gasteiger charge is 2.12. The second kappa shape index (κ2) is 5.55. The zero-order chi connectivity index (χ0) is 14.8. The van der Waals surface area contributed by atoms with Crippen molar-refractivity contribution in [1.29, 1.82) is 0 Å². The molecule has 0 amide bonds. The van der Waals surface area contributed by atoms with Crippen molar-refractivity contribution in [2.75, 3.05) is 5.43 Å². The number of hydrogen-bond donors (Lipinski definition) is 3. The largest absolute Gasteiger partial charge is 0.438 e. The van der Waals surface area contributed by atoms with Gasteiger partial charge in [-0.15, -0.1) is 0 Å². The molecule has 2 heterocycles. The highest BCUT2D eigenvalue weighted by atomic mass is 35.5. The van der Waals surface area contributed by atoms with Crippen molar-refractivity contribution in [3.8, 4) is 11.6 Å². The van der Waals surface area contributed by atoms with Crippen LogP contribution >= 0.6 is 11.6 Å². The number of nitrogen functional groups attached to an aromatic ring is 1. The molecular weight excluding hydrogens is 292 g/mol. The quantitative estimate of drug-likeness (QED) is 0.506. The molecule has 0 aliphatic carbocycles. The number of halogens is 1. The Hall–Kier alpha value is -2.38. The average Bonchev–Trinajstić information content (AvgIpc) is 2.97. The van der Waals surface area contributed by atoms with Gasteiger partial charge in [0.25, 0.3) is 0 Å². The second-order valence-corrected chi connectivity index (χ2v) is 4.75. The molecule has 0 atom stereocenters. The van der Waals surface area contributed by atoms with Crippen LogP contribution in [0.25, 0.3) is 11.0 Å². The van der Waals surface area contributed by atoms with Crippen molar-refractivity contribution >= 4 is 28.6 Å². The maximum absolute atomic E-state index is 6.10. The number of aromatic amines is 1. The summed E-state index contributed by atoms with van der Waals surface area (Å²) in [5, 5.41) is 8.07. The maximum atomic E-state index is 6.10. The molecule has 108 valence electrons. The average molecular weight is 305 g/mol. The first-order chi connectivity index (χ1) is 10.2. The summed E-state index contributed by atoms with van der Waals surface area (Å²) in [4.78, 5) is 8.34. The number of aromatic nitrogens is 4. The summed E-state index contributed by atoms with van der Waals surface area (Å²) in [6.45, 7) is 2.03. The predicted octanol–water partition coefficient (Wildman–Crippen LogP) is 2.65. The number of fused-ring (bicyclic) bond motifs is 1. The third-order valence-corrected chi connectivity index (χ3v) is 3.39. The van der Waals surface area contributed by atoms with E-state index in [1.165, 1.54) is 0 Å². The number of aryl methyl sites for hydroxylation is 1. The fourth-order valence-electron chi connectivity index (χ4n) is 1.95. The SMILES string of the molecule is CCc1cc(Oc2nc(NN)nc3[nH]ncc23)ccc1Cl. The molecule has 0 fully saturated rings. The Morgan fingerprint density at radius 2 is 2.24 bits per heavy atom. The van der Waals surface area contributed by atoms with Gasteiger partial charge in [0.15, 0.2) is 5.65 Å². The second-order valence-electron chi connectivity index (χ2n) is 4.34. The Balaban J connectivity index is 2.03. The Labute approximate surface area is 125 Å². The van der Waals surface area contributed by atoms with E-state index in [9.17, 15) is 0 Å². The van der Waals surface area contributed by atoms with Gasteiger partial charge in [0, 0.05) is 5.02 Å². The van der Waals surface area contributed by atoms with E-state index in [0.29, 0.717) is 27.7 Å². The highest BCUT2D eigenvalue weighted by molar-refractivity contribution is 6.31. The van der Waals surface area contributed by atoms with Gasteiger partial charge in [0.2, 0.25) is 11.8 Å². The van der Waals surface area contributed by atoms with Crippen molar-refractivity contribution in [2.45, 2.75) is 13.3 Å². The summed E-state index contributed by atoms with van der Waals surface area (Å²) < 4.78 is 5.82. The summed E-state index contributed by atoms with van der Waals surface area (Å²) >= 11 is 6.10. The van der Waals surface area contributed by atoms with Gasteiger partial charge in [-0.1, -0.05) is 18.5 Å². The van der Waals surface area contributed by atoms with Crippen molar-refractivity contribution in [1.82, 2.24) is 20.2 Å². The van der Waals surface area contributed by atoms with Crippen molar-refractivity contribution in [2.24, 2.45) is 5.84 Å². The van der Waals surface area contributed by atoms with Gasteiger partial charge in [-0.2, -0.15) is 15.1 Å². The van der Waals surface area contributed by atoms with Crippen LogP contribution in [0.2, 0.25) is 5.02 Å². The van der Waals surface area contributed by atoms with Gasteiger partial charge >= 0.3 is 0 Å². The number of H-pyrrole nitrogens is 1. The minimum atomic E-state index is 0.242. The minimum absolute atomic E-state index is 0.242. The van der Waals surface area contributed by atoms with Crippen LogP contribution in [-0.4, -0.2) is 20.2 Å². The monoisotopic (exact) mass is 304 g/mol. The van der Waals surface area contributed by atoms with Gasteiger partial charge in [-0.3, -0.25) is 10.5 Å². The summed E-state index contributed by atoms with van der Waals surface area (Å²) in [5.74, 6) is 6.60. The Kier molecular flexibility index (Phi) is 3.59. The molecule has 0 saturated heterocycles. The molecule has 0 aliphatic rings. The molecule has 2 aromatic heterocycles. The fourth-order valence-corrected chi connectivity index (χ4v) is 2.20. The zero-order valence-electron chi connectivity index (χ0n) is 11.2. The Bertz CT molecular complexity index is 787. The van der Waals surface area contributed by atoms with Gasteiger partial charge in [-0.05, 0) is 30.2 Å². The molecule has 1 aromatic carbocycles. The van der Waals surface area contributed by atoms with E-state index >= 15 is 0 Å². The molecule has 0 unspecified atom stereocenters. The number of hydrogen-bond acceptors (Lipinski definition) is 6. The molecule has 4 N–H and O–H groups in total. The van der Waals surface area contributed by atoms with E-state index in [-0.39, 0.29) is 5.95 Å². The van der Waals surface area contributed by atoms with Gasteiger partial charge in [0.05, 0.1) is 6.20 Å². The van der Waals surface area contributed by atoms with Crippen LogP contribution in [0.4, 0.5) is 5.95 Å². The molecule has 0 bridgehead atoms. The van der Waals surface area contributed by atoms with Crippen molar-refractivity contribution < 1.29 is 4.74 Å². The molecule has 0 radical (unpaired) electrons. The Morgan fingerprint density at radius 1 is 1.38 bits per heavy atom. The van der Waals surface area contributed by atoms with Gasteiger partial charge in [0.1, 0.15) is 11.1 Å². The van der Waals surface area contributed by atoms with Crippen LogP contribution in [-0.2, 0) is 6.42 Å². The Morgan fingerprint density at radius 3 is 3.00 bits per heavy atom. The molecule has 21 heavy (non-hydrogen) atoms. The molecular formula is C13H13ClN6O. The molecule has 3 rings (SSSR count). The van der Waals surface area contributed by atoms with E-state index in [2.05, 4.69) is 25.6 Å².